The van der Waals surface area contributed by atoms with Crippen LogP contribution in [0.4, 0.5) is 5.13 Å². The van der Waals surface area contributed by atoms with Gasteiger partial charge in [0.2, 0.25) is 0 Å². The first-order valence-electron chi connectivity index (χ1n) is 6.43. The summed E-state index contributed by atoms with van der Waals surface area (Å²) in [5, 5.41) is 9.78. The zero-order valence-corrected chi connectivity index (χ0v) is 12.6. The smallest absolute Gasteiger partial charge is 0.335 e. The standard InChI is InChI=1S/C14H16N2O4S/c1-16(7-3-4-12(17)20-2)14-15-10-6-5-9(13(18)19)8-11(10)21-14/h5-6,8H,3-4,7H2,1-2H3,(H,18,19). The van der Waals surface area contributed by atoms with Gasteiger partial charge in [-0.05, 0) is 24.6 Å². The van der Waals surface area contributed by atoms with Crippen LogP contribution in [0.25, 0.3) is 10.2 Å². The molecule has 2 rings (SSSR count). The van der Waals surface area contributed by atoms with E-state index in [0.29, 0.717) is 19.4 Å². The summed E-state index contributed by atoms with van der Waals surface area (Å²) in [7, 11) is 3.27. The minimum absolute atomic E-state index is 0.223. The third-order valence-corrected chi connectivity index (χ3v) is 4.19. The zero-order chi connectivity index (χ0) is 15.4. The number of hydrogen-bond acceptors (Lipinski definition) is 6. The Labute approximate surface area is 126 Å². The van der Waals surface area contributed by atoms with Gasteiger partial charge in [-0.25, -0.2) is 9.78 Å². The van der Waals surface area contributed by atoms with Crippen LogP contribution in [0.1, 0.15) is 23.2 Å². The van der Waals surface area contributed by atoms with Crippen molar-refractivity contribution in [1.29, 1.82) is 0 Å². The lowest BCUT2D eigenvalue weighted by Gasteiger charge is -2.14. The molecule has 2 aromatic rings. The van der Waals surface area contributed by atoms with Crippen molar-refractivity contribution in [1.82, 2.24) is 4.98 Å². The third kappa shape index (κ3) is 3.69. The average Bonchev–Trinajstić information content (AvgIpc) is 2.89. The highest BCUT2D eigenvalue weighted by molar-refractivity contribution is 7.22. The number of nitrogens with zero attached hydrogens (tertiary/aromatic N) is 2. The predicted molar refractivity (Wildman–Crippen MR) is 81.1 cm³/mol. The van der Waals surface area contributed by atoms with E-state index >= 15 is 0 Å². The fourth-order valence-electron chi connectivity index (χ4n) is 1.87. The number of aromatic carboxylic acids is 1. The number of aromatic nitrogens is 1. The average molecular weight is 308 g/mol. The van der Waals surface area contributed by atoms with Gasteiger partial charge in [0.05, 0.1) is 22.9 Å². The van der Waals surface area contributed by atoms with Gasteiger partial charge in [0.25, 0.3) is 0 Å². The van der Waals surface area contributed by atoms with Crippen LogP contribution in [-0.4, -0.2) is 42.7 Å². The van der Waals surface area contributed by atoms with Gasteiger partial charge in [-0.2, -0.15) is 0 Å². The van der Waals surface area contributed by atoms with Crippen molar-refractivity contribution in [2.75, 3.05) is 25.6 Å². The lowest BCUT2D eigenvalue weighted by molar-refractivity contribution is -0.140. The van der Waals surface area contributed by atoms with E-state index in [0.717, 1.165) is 15.3 Å². The van der Waals surface area contributed by atoms with Crippen molar-refractivity contribution < 1.29 is 19.4 Å². The molecule has 0 aliphatic rings. The summed E-state index contributed by atoms with van der Waals surface area (Å²) in [6.45, 7) is 0.681. The number of rotatable bonds is 6. The van der Waals surface area contributed by atoms with Gasteiger partial charge in [0, 0.05) is 20.0 Å². The summed E-state index contributed by atoms with van der Waals surface area (Å²) in [6.07, 6.45) is 1.05. The van der Waals surface area contributed by atoms with Crippen LogP contribution >= 0.6 is 11.3 Å². The molecule has 7 heteroatoms. The highest BCUT2D eigenvalue weighted by atomic mass is 32.1. The first kappa shape index (κ1) is 15.2. The largest absolute Gasteiger partial charge is 0.478 e. The van der Waals surface area contributed by atoms with Crippen molar-refractivity contribution >= 4 is 38.6 Å². The van der Waals surface area contributed by atoms with Crippen LogP contribution in [0.15, 0.2) is 18.2 Å². The second-order valence-corrected chi connectivity index (χ2v) is 5.59. The number of esters is 1. The number of carboxylic acids is 1. The van der Waals surface area contributed by atoms with E-state index in [4.69, 9.17) is 5.11 Å². The Kier molecular flexibility index (Phi) is 4.74. The Bertz CT molecular complexity index is 668. The lowest BCUT2D eigenvalue weighted by atomic mass is 10.2. The number of thiazole rings is 1. The second-order valence-electron chi connectivity index (χ2n) is 4.59. The van der Waals surface area contributed by atoms with Gasteiger partial charge in [0.1, 0.15) is 0 Å². The topological polar surface area (TPSA) is 79.7 Å². The number of benzene rings is 1. The summed E-state index contributed by atoms with van der Waals surface area (Å²) >= 11 is 1.44. The first-order valence-corrected chi connectivity index (χ1v) is 7.24. The van der Waals surface area contributed by atoms with Gasteiger partial charge >= 0.3 is 11.9 Å². The molecule has 0 aliphatic heterocycles. The predicted octanol–water partition coefficient (Wildman–Crippen LogP) is 2.38. The Hall–Kier alpha value is -2.15. The number of fused-ring (bicyclic) bond motifs is 1. The molecule has 0 aliphatic carbocycles. The number of ether oxygens (including phenoxy) is 1. The van der Waals surface area contributed by atoms with Crippen LogP contribution in [0, 0.1) is 0 Å². The molecule has 0 saturated heterocycles. The van der Waals surface area contributed by atoms with E-state index < -0.39 is 5.97 Å². The Balaban J connectivity index is 2.07. The second kappa shape index (κ2) is 6.53. The fourth-order valence-corrected chi connectivity index (χ4v) is 2.86. The summed E-state index contributed by atoms with van der Waals surface area (Å²) in [5.41, 5.74) is 1.03. The highest BCUT2D eigenvalue weighted by Crippen LogP contribution is 2.29. The monoisotopic (exact) mass is 308 g/mol. The number of hydrogen-bond donors (Lipinski definition) is 1. The molecule has 0 saturated carbocycles. The molecule has 0 amide bonds. The van der Waals surface area contributed by atoms with Crippen molar-refractivity contribution in [3.63, 3.8) is 0 Å². The van der Waals surface area contributed by atoms with Crippen LogP contribution in [0.5, 0.6) is 0 Å². The van der Waals surface area contributed by atoms with Gasteiger partial charge < -0.3 is 14.7 Å². The van der Waals surface area contributed by atoms with Crippen LogP contribution in [-0.2, 0) is 9.53 Å². The van der Waals surface area contributed by atoms with Crippen LogP contribution in [0.2, 0.25) is 0 Å². The molecule has 0 radical (unpaired) electrons. The zero-order valence-electron chi connectivity index (χ0n) is 11.8. The van der Waals surface area contributed by atoms with Crippen molar-refractivity contribution in [3.05, 3.63) is 23.8 Å². The van der Waals surface area contributed by atoms with Crippen molar-refractivity contribution in [3.8, 4) is 0 Å². The van der Waals surface area contributed by atoms with E-state index in [9.17, 15) is 9.59 Å². The number of carbonyl (C=O) groups excluding carboxylic acids is 1. The quantitative estimate of drug-likeness (QED) is 0.825. The maximum atomic E-state index is 11.1. The number of carbonyl (C=O) groups is 2. The van der Waals surface area contributed by atoms with Crippen LogP contribution < -0.4 is 4.90 Å². The minimum Gasteiger partial charge on any atom is -0.478 e. The first-order chi connectivity index (χ1) is 10.0. The molecule has 0 unspecified atom stereocenters. The summed E-state index contributed by atoms with van der Waals surface area (Å²) in [5.74, 6) is -1.17. The minimum atomic E-state index is -0.946. The van der Waals surface area contributed by atoms with Crippen molar-refractivity contribution in [2.24, 2.45) is 0 Å². The normalized spacial score (nSPS) is 10.6. The van der Waals surface area contributed by atoms with E-state index in [1.807, 2.05) is 11.9 Å². The molecule has 1 aromatic carbocycles. The SMILES string of the molecule is COC(=O)CCCN(C)c1nc2ccc(C(=O)O)cc2s1. The molecule has 1 aromatic heterocycles. The Morgan fingerprint density at radius 3 is 2.86 bits per heavy atom. The molecule has 1 N–H and O–H groups in total. The van der Waals surface area contributed by atoms with E-state index in [-0.39, 0.29) is 11.5 Å². The Morgan fingerprint density at radius 2 is 2.19 bits per heavy atom. The molecular formula is C14H16N2O4S. The number of carboxylic acid groups (broad SMARTS) is 1. The van der Waals surface area contributed by atoms with Gasteiger partial charge in [-0.1, -0.05) is 11.3 Å². The van der Waals surface area contributed by atoms with E-state index in [1.165, 1.54) is 18.4 Å². The van der Waals surface area contributed by atoms with Gasteiger partial charge in [0.15, 0.2) is 5.13 Å². The third-order valence-electron chi connectivity index (χ3n) is 3.05. The fraction of sp³-hybridized carbons (Fsp3) is 0.357. The molecule has 0 spiro atoms. The number of anilines is 1. The molecule has 0 fully saturated rings. The molecule has 0 atom stereocenters. The maximum absolute atomic E-state index is 11.1. The molecular weight excluding hydrogens is 292 g/mol. The maximum Gasteiger partial charge on any atom is 0.335 e. The summed E-state index contributed by atoms with van der Waals surface area (Å²) in [6, 6.07) is 4.88. The Morgan fingerprint density at radius 1 is 1.43 bits per heavy atom. The van der Waals surface area contributed by atoms with Gasteiger partial charge in [-0.3, -0.25) is 4.79 Å². The van der Waals surface area contributed by atoms with Crippen LogP contribution in [0.3, 0.4) is 0 Å². The molecule has 21 heavy (non-hydrogen) atoms. The molecule has 1 heterocycles. The van der Waals surface area contributed by atoms with E-state index in [1.54, 1.807) is 18.2 Å². The number of methoxy groups -OCH3 is 1. The summed E-state index contributed by atoms with van der Waals surface area (Å²) < 4.78 is 5.43. The molecule has 6 nitrogen and oxygen atoms in total. The molecule has 0 bridgehead atoms. The van der Waals surface area contributed by atoms with Crippen molar-refractivity contribution in [2.45, 2.75) is 12.8 Å². The van der Waals surface area contributed by atoms with Gasteiger partial charge in [-0.15, -0.1) is 0 Å². The molecule has 112 valence electrons. The summed E-state index contributed by atoms with van der Waals surface area (Å²) in [4.78, 5) is 28.4. The lowest BCUT2D eigenvalue weighted by Crippen LogP contribution is -2.19. The highest BCUT2D eigenvalue weighted by Gasteiger charge is 2.11. The van der Waals surface area contributed by atoms with E-state index in [2.05, 4.69) is 9.72 Å².